The van der Waals surface area contributed by atoms with Crippen LogP contribution in [-0.2, 0) is 21.1 Å². The molecule has 0 radical (unpaired) electrons. The minimum atomic E-state index is 0. The van der Waals surface area contributed by atoms with Crippen molar-refractivity contribution in [3.63, 3.8) is 0 Å². The third-order valence-electron chi connectivity index (χ3n) is 2.46. The summed E-state index contributed by atoms with van der Waals surface area (Å²) in [5.74, 6) is 0. The fourth-order valence-electron chi connectivity index (χ4n) is 1.56. The molecule has 0 saturated heterocycles. The number of unbranched alkanes of at least 4 members (excludes halogenated alkanes) is 9. The smallest absolute Gasteiger partial charge is 0 e. The van der Waals surface area contributed by atoms with Gasteiger partial charge in [0.2, 0.25) is 0 Å². The first kappa shape index (κ1) is 16.1. The normalized spacial score (nSPS) is 9.69. The molecule has 0 aliphatic heterocycles. The molecule has 13 heavy (non-hydrogen) atoms. The van der Waals surface area contributed by atoms with E-state index in [-0.39, 0.29) is 21.1 Å². The Bertz CT molecular complexity index is 61.5. The molecule has 0 nitrogen and oxygen atoms in total. The molecule has 0 aromatic rings. The molecule has 0 bridgehead atoms. The Hall–Kier alpha value is 0.688. The summed E-state index contributed by atoms with van der Waals surface area (Å²) in [4.78, 5) is 0. The van der Waals surface area contributed by atoms with Crippen molar-refractivity contribution < 1.29 is 21.1 Å². The van der Waals surface area contributed by atoms with Crippen LogP contribution in [0, 0.1) is 0 Å². The van der Waals surface area contributed by atoms with Gasteiger partial charge in [-0.2, -0.15) is 0 Å². The van der Waals surface area contributed by atoms with E-state index >= 15 is 0 Å². The summed E-state index contributed by atoms with van der Waals surface area (Å²) in [5.41, 5.74) is 0. The maximum absolute atomic E-state index is 2.28. The topological polar surface area (TPSA) is 0 Å². The van der Waals surface area contributed by atoms with Crippen molar-refractivity contribution in [2.75, 3.05) is 0 Å². The van der Waals surface area contributed by atoms with Gasteiger partial charge in [-0.3, -0.25) is 0 Å². The van der Waals surface area contributed by atoms with Crippen molar-refractivity contribution in [1.29, 1.82) is 0 Å². The zero-order valence-corrected chi connectivity index (χ0v) is 11.7. The summed E-state index contributed by atoms with van der Waals surface area (Å²) in [6.45, 7) is 4.56. The second kappa shape index (κ2) is 15.2. The van der Waals surface area contributed by atoms with Crippen LogP contribution >= 0.6 is 0 Å². The van der Waals surface area contributed by atoms with E-state index in [2.05, 4.69) is 13.8 Å². The number of hydrogen-bond donors (Lipinski definition) is 0. The molecule has 0 aromatic carbocycles. The second-order valence-electron chi connectivity index (χ2n) is 3.83. The van der Waals surface area contributed by atoms with Gasteiger partial charge in [0.15, 0.2) is 0 Å². The molecule has 0 aliphatic rings. The van der Waals surface area contributed by atoms with E-state index in [1.165, 1.54) is 64.2 Å². The maximum Gasteiger partial charge on any atom is 0 e. The predicted molar refractivity (Wildman–Crippen MR) is 57.5 cm³/mol. The van der Waals surface area contributed by atoms with Crippen LogP contribution in [0.4, 0.5) is 0 Å². The van der Waals surface area contributed by atoms with Gasteiger partial charge in [0, 0.05) is 21.1 Å². The molecule has 0 rings (SSSR count). The molecule has 0 atom stereocenters. The Morgan fingerprint density at radius 1 is 0.462 bits per heavy atom. The van der Waals surface area contributed by atoms with Crippen LogP contribution < -0.4 is 0 Å². The van der Waals surface area contributed by atoms with Gasteiger partial charge < -0.3 is 0 Å². The molecule has 0 amide bonds. The Morgan fingerprint density at radius 3 is 0.923 bits per heavy atom. The third-order valence-corrected chi connectivity index (χ3v) is 2.46. The molecule has 0 unspecified atom stereocenters. The van der Waals surface area contributed by atoms with E-state index in [1.807, 2.05) is 0 Å². The van der Waals surface area contributed by atoms with Gasteiger partial charge in [-0.15, -0.1) is 0 Å². The molecule has 0 saturated carbocycles. The summed E-state index contributed by atoms with van der Waals surface area (Å²) < 4.78 is 0. The maximum atomic E-state index is 2.28. The number of hydrogen-bond acceptors (Lipinski definition) is 0. The van der Waals surface area contributed by atoms with E-state index in [0.29, 0.717) is 0 Å². The quantitative estimate of drug-likeness (QED) is 0.509. The standard InChI is InChI=1S/C12H26.Pt/c1-3-5-7-9-11-12-10-8-6-4-2;/h3-12H2,1-2H3;. The first-order chi connectivity index (χ1) is 5.91. The minimum absolute atomic E-state index is 0. The minimum Gasteiger partial charge on any atom is -0.0654 e. The second-order valence-corrected chi connectivity index (χ2v) is 3.83. The van der Waals surface area contributed by atoms with Crippen molar-refractivity contribution in [3.05, 3.63) is 0 Å². The van der Waals surface area contributed by atoms with E-state index in [4.69, 9.17) is 0 Å². The van der Waals surface area contributed by atoms with Crippen LogP contribution in [0.3, 0.4) is 0 Å². The molecule has 84 valence electrons. The van der Waals surface area contributed by atoms with Gasteiger partial charge in [-0.05, 0) is 0 Å². The fraction of sp³-hybridized carbons (Fsp3) is 1.00. The van der Waals surface area contributed by atoms with Crippen molar-refractivity contribution in [2.24, 2.45) is 0 Å². The van der Waals surface area contributed by atoms with E-state index < -0.39 is 0 Å². The Morgan fingerprint density at radius 2 is 0.692 bits per heavy atom. The van der Waals surface area contributed by atoms with E-state index in [1.54, 1.807) is 0 Å². The molecule has 0 N–H and O–H groups in total. The predicted octanol–water partition coefficient (Wildman–Crippen LogP) is 4.92. The molecule has 0 heterocycles. The molecular formula is C12H26Pt. The monoisotopic (exact) mass is 365 g/mol. The van der Waals surface area contributed by atoms with Gasteiger partial charge in [-0.1, -0.05) is 78.1 Å². The summed E-state index contributed by atoms with van der Waals surface area (Å²) in [5, 5.41) is 0. The average molecular weight is 365 g/mol. The van der Waals surface area contributed by atoms with Crippen molar-refractivity contribution >= 4 is 0 Å². The first-order valence-corrected chi connectivity index (χ1v) is 5.91. The fourth-order valence-corrected chi connectivity index (χ4v) is 1.56. The number of rotatable bonds is 9. The molecular weight excluding hydrogens is 339 g/mol. The van der Waals surface area contributed by atoms with Gasteiger partial charge >= 0.3 is 0 Å². The van der Waals surface area contributed by atoms with Crippen molar-refractivity contribution in [1.82, 2.24) is 0 Å². The van der Waals surface area contributed by atoms with Crippen molar-refractivity contribution in [2.45, 2.75) is 78.1 Å². The van der Waals surface area contributed by atoms with Crippen LogP contribution in [0.5, 0.6) is 0 Å². The zero-order chi connectivity index (χ0) is 9.07. The molecule has 0 fully saturated rings. The third kappa shape index (κ3) is 15.4. The first-order valence-electron chi connectivity index (χ1n) is 5.91. The van der Waals surface area contributed by atoms with E-state index in [0.717, 1.165) is 0 Å². The van der Waals surface area contributed by atoms with Gasteiger partial charge in [0.1, 0.15) is 0 Å². The van der Waals surface area contributed by atoms with Crippen LogP contribution in [0.2, 0.25) is 0 Å². The summed E-state index contributed by atoms with van der Waals surface area (Å²) >= 11 is 0. The summed E-state index contributed by atoms with van der Waals surface area (Å²) in [6.07, 6.45) is 14.4. The van der Waals surface area contributed by atoms with Crippen LogP contribution in [0.15, 0.2) is 0 Å². The van der Waals surface area contributed by atoms with Crippen molar-refractivity contribution in [3.8, 4) is 0 Å². The Kier molecular flexibility index (Phi) is 18.8. The summed E-state index contributed by atoms with van der Waals surface area (Å²) in [7, 11) is 0. The van der Waals surface area contributed by atoms with Crippen LogP contribution in [-0.4, -0.2) is 0 Å². The molecule has 0 spiro atoms. The van der Waals surface area contributed by atoms with Gasteiger partial charge in [-0.25, -0.2) is 0 Å². The Labute approximate surface area is 99.1 Å². The SMILES string of the molecule is CCCCCCCCCCCC.[Pt]. The largest absolute Gasteiger partial charge is 0.0654 e. The van der Waals surface area contributed by atoms with E-state index in [9.17, 15) is 0 Å². The van der Waals surface area contributed by atoms with Crippen LogP contribution in [0.1, 0.15) is 78.1 Å². The van der Waals surface area contributed by atoms with Gasteiger partial charge in [0.25, 0.3) is 0 Å². The molecule has 0 aromatic heterocycles. The zero-order valence-electron chi connectivity index (χ0n) is 9.39. The molecule has 1 heteroatoms. The average Bonchev–Trinajstić information content (AvgIpc) is 2.10. The Balaban J connectivity index is 0. The summed E-state index contributed by atoms with van der Waals surface area (Å²) in [6, 6.07) is 0. The van der Waals surface area contributed by atoms with Crippen LogP contribution in [0.25, 0.3) is 0 Å². The molecule has 0 aliphatic carbocycles. The van der Waals surface area contributed by atoms with Gasteiger partial charge in [0.05, 0.1) is 0 Å².